The summed E-state index contributed by atoms with van der Waals surface area (Å²) < 4.78 is 27.7. The average molecular weight is 298 g/mol. The first-order valence-corrected chi connectivity index (χ1v) is 7.39. The molecule has 0 amide bonds. The van der Waals surface area contributed by atoms with E-state index in [9.17, 15) is 8.42 Å². The van der Waals surface area contributed by atoms with Crippen LogP contribution in [-0.4, -0.2) is 34.9 Å². The van der Waals surface area contributed by atoms with Crippen LogP contribution in [-0.2, 0) is 17.1 Å². The number of aliphatic hydroxyl groups is 1. The van der Waals surface area contributed by atoms with E-state index in [4.69, 9.17) is 5.11 Å². The fourth-order valence-electron chi connectivity index (χ4n) is 1.30. The summed E-state index contributed by atoms with van der Waals surface area (Å²) in [4.78, 5) is 4.47. The molecule has 2 N–H and O–H groups in total. The molecule has 0 radical (unpaired) electrons. The van der Waals surface area contributed by atoms with Gasteiger partial charge in [0.25, 0.3) is 10.0 Å². The number of nitrogens with zero attached hydrogens (tertiary/aromatic N) is 3. The van der Waals surface area contributed by atoms with Gasteiger partial charge in [0, 0.05) is 7.05 Å². The molecule has 0 spiro atoms. The third-order valence-corrected chi connectivity index (χ3v) is 4.44. The second kappa shape index (κ2) is 5.40. The second-order valence-corrected chi connectivity index (χ2v) is 6.05. The highest BCUT2D eigenvalue weighted by Crippen LogP contribution is 2.20. The van der Waals surface area contributed by atoms with Crippen LogP contribution in [0.4, 0.5) is 5.13 Å². The molecule has 0 fully saturated rings. The Morgan fingerprint density at radius 2 is 2.37 bits per heavy atom. The van der Waals surface area contributed by atoms with E-state index < -0.39 is 10.0 Å². The highest BCUT2D eigenvalue weighted by molar-refractivity contribution is 7.92. The number of rotatable bonds is 3. The van der Waals surface area contributed by atoms with Gasteiger partial charge in [0.05, 0.1) is 17.3 Å². The normalized spacial score (nSPS) is 10.8. The zero-order chi connectivity index (χ0) is 13.9. The quantitative estimate of drug-likeness (QED) is 0.779. The van der Waals surface area contributed by atoms with Crippen LogP contribution in [0.2, 0.25) is 0 Å². The Labute approximate surface area is 114 Å². The molecule has 2 aromatic rings. The van der Waals surface area contributed by atoms with Crippen LogP contribution in [0.5, 0.6) is 0 Å². The number of nitrogens with one attached hydrogen (secondary N) is 1. The zero-order valence-corrected chi connectivity index (χ0v) is 11.5. The van der Waals surface area contributed by atoms with Gasteiger partial charge in [-0.1, -0.05) is 23.2 Å². The van der Waals surface area contributed by atoms with E-state index in [1.807, 2.05) is 0 Å². The molecule has 2 rings (SSSR count). The molecule has 0 unspecified atom stereocenters. The number of aromatic nitrogens is 3. The molecule has 0 bridgehead atoms. The maximum absolute atomic E-state index is 12.0. The Bertz CT molecular complexity index is 736. The molecule has 0 atom stereocenters. The Balaban J connectivity index is 2.22. The van der Waals surface area contributed by atoms with Crippen LogP contribution in [0, 0.1) is 11.8 Å². The van der Waals surface area contributed by atoms with Crippen molar-refractivity contribution < 1.29 is 13.5 Å². The third kappa shape index (κ3) is 3.11. The lowest BCUT2D eigenvalue weighted by Gasteiger charge is -2.04. The summed E-state index contributed by atoms with van der Waals surface area (Å²) in [5.74, 6) is 5.11. The Hall–Kier alpha value is -1.89. The lowest BCUT2D eigenvalue weighted by atomic mass is 10.5. The van der Waals surface area contributed by atoms with Crippen LogP contribution in [0.3, 0.4) is 0 Å². The third-order valence-electron chi connectivity index (χ3n) is 2.07. The largest absolute Gasteiger partial charge is 0.384 e. The molecule has 9 heteroatoms. The molecule has 2 aromatic heterocycles. The van der Waals surface area contributed by atoms with Crippen molar-refractivity contribution in [2.75, 3.05) is 11.3 Å². The summed E-state index contributed by atoms with van der Waals surface area (Å²) in [6.07, 6.45) is 2.84. The number of aliphatic hydroxyl groups excluding tert-OH is 1. The van der Waals surface area contributed by atoms with Crippen molar-refractivity contribution >= 4 is 26.5 Å². The smallest absolute Gasteiger partial charge is 0.280 e. The number of sulfonamides is 1. The van der Waals surface area contributed by atoms with Crippen molar-refractivity contribution in [1.82, 2.24) is 14.8 Å². The molecule has 0 aliphatic heterocycles. The summed E-state index contributed by atoms with van der Waals surface area (Å²) in [7, 11) is -2.17. The highest BCUT2D eigenvalue weighted by Gasteiger charge is 2.19. The summed E-state index contributed by atoms with van der Waals surface area (Å²) >= 11 is 1.09. The molecule has 0 saturated heterocycles. The minimum Gasteiger partial charge on any atom is -0.384 e. The topological polar surface area (TPSA) is 97.1 Å². The zero-order valence-electron chi connectivity index (χ0n) is 9.86. The summed E-state index contributed by atoms with van der Waals surface area (Å²) in [5, 5.41) is 12.6. The fraction of sp³-hybridized carbons (Fsp3) is 0.200. The van der Waals surface area contributed by atoms with Crippen LogP contribution in [0.1, 0.15) is 4.88 Å². The van der Waals surface area contributed by atoms with Gasteiger partial charge >= 0.3 is 0 Å². The Kier molecular flexibility index (Phi) is 3.84. The summed E-state index contributed by atoms with van der Waals surface area (Å²) in [6.45, 7) is -0.256. The average Bonchev–Trinajstić information content (AvgIpc) is 2.95. The van der Waals surface area contributed by atoms with Crippen molar-refractivity contribution in [2.24, 2.45) is 7.05 Å². The predicted octanol–water partition coefficient (Wildman–Crippen LogP) is 0.0212. The maximum Gasteiger partial charge on any atom is 0.280 e. The van der Waals surface area contributed by atoms with Crippen molar-refractivity contribution in [3.05, 3.63) is 23.3 Å². The van der Waals surface area contributed by atoms with Gasteiger partial charge in [0.15, 0.2) is 10.2 Å². The van der Waals surface area contributed by atoms with Gasteiger partial charge in [0.1, 0.15) is 6.61 Å². The predicted molar refractivity (Wildman–Crippen MR) is 70.1 cm³/mol. The van der Waals surface area contributed by atoms with E-state index in [1.165, 1.54) is 30.2 Å². The van der Waals surface area contributed by atoms with Crippen LogP contribution >= 0.6 is 11.3 Å². The minimum atomic E-state index is -3.71. The van der Waals surface area contributed by atoms with E-state index in [-0.39, 0.29) is 16.8 Å². The number of thiazole rings is 1. The number of aryl methyl sites for hydroxylation is 1. The molecule has 0 aliphatic carbocycles. The van der Waals surface area contributed by atoms with E-state index in [0.29, 0.717) is 4.88 Å². The lowest BCUT2D eigenvalue weighted by Crippen LogP contribution is -2.16. The van der Waals surface area contributed by atoms with E-state index in [1.54, 1.807) is 0 Å². The molecule has 19 heavy (non-hydrogen) atoms. The van der Waals surface area contributed by atoms with E-state index >= 15 is 0 Å². The monoisotopic (exact) mass is 298 g/mol. The molecule has 0 saturated carbocycles. The van der Waals surface area contributed by atoms with Crippen molar-refractivity contribution in [2.45, 2.75) is 5.03 Å². The van der Waals surface area contributed by atoms with Crippen molar-refractivity contribution in [3.8, 4) is 11.8 Å². The standard InChI is InChI=1S/C10H10N4O3S2/c1-14-9(4-5-12-14)19(16,17)13-10-11-7-8(18-10)3-2-6-15/h4-5,7,15H,6H2,1H3,(H,11,13). The van der Waals surface area contributed by atoms with Crippen LogP contribution in [0.15, 0.2) is 23.5 Å². The number of anilines is 1. The Morgan fingerprint density at radius 1 is 1.58 bits per heavy atom. The first-order valence-electron chi connectivity index (χ1n) is 5.09. The fourth-order valence-corrected chi connectivity index (χ4v) is 3.36. The van der Waals surface area contributed by atoms with Crippen molar-refractivity contribution in [3.63, 3.8) is 0 Å². The molecule has 0 aromatic carbocycles. The summed E-state index contributed by atoms with van der Waals surface area (Å²) in [6, 6.07) is 1.39. The lowest BCUT2D eigenvalue weighted by molar-refractivity contribution is 0.350. The molecule has 2 heterocycles. The molecule has 100 valence electrons. The number of hydrogen-bond donors (Lipinski definition) is 2. The molecule has 0 aliphatic rings. The number of hydrogen-bond acceptors (Lipinski definition) is 6. The molecule has 7 nitrogen and oxygen atoms in total. The first-order chi connectivity index (χ1) is 9.03. The van der Waals surface area contributed by atoms with Gasteiger partial charge in [-0.15, -0.1) is 0 Å². The van der Waals surface area contributed by atoms with Gasteiger partial charge in [-0.3, -0.25) is 9.40 Å². The van der Waals surface area contributed by atoms with Crippen molar-refractivity contribution in [1.29, 1.82) is 0 Å². The SMILES string of the molecule is Cn1nccc1S(=O)(=O)Nc1ncc(C#CCO)s1. The Morgan fingerprint density at radius 3 is 3.00 bits per heavy atom. The van der Waals surface area contributed by atoms with E-state index in [2.05, 4.69) is 26.6 Å². The van der Waals surface area contributed by atoms with Gasteiger partial charge in [-0.25, -0.2) is 4.98 Å². The van der Waals surface area contributed by atoms with Crippen LogP contribution in [0.25, 0.3) is 0 Å². The minimum absolute atomic E-state index is 0.0469. The molecular formula is C10H10N4O3S2. The highest BCUT2D eigenvalue weighted by atomic mass is 32.2. The summed E-state index contributed by atoms with van der Waals surface area (Å²) in [5.41, 5.74) is 0. The maximum atomic E-state index is 12.0. The van der Waals surface area contributed by atoms with Gasteiger partial charge in [-0.2, -0.15) is 13.5 Å². The van der Waals surface area contributed by atoms with Crippen LogP contribution < -0.4 is 4.72 Å². The first kappa shape index (κ1) is 13.5. The van der Waals surface area contributed by atoms with E-state index in [0.717, 1.165) is 11.3 Å². The molecular weight excluding hydrogens is 288 g/mol. The second-order valence-electron chi connectivity index (χ2n) is 3.39. The van der Waals surface area contributed by atoms with Gasteiger partial charge < -0.3 is 5.11 Å². The van der Waals surface area contributed by atoms with Gasteiger partial charge in [-0.05, 0) is 6.07 Å². The van der Waals surface area contributed by atoms with Gasteiger partial charge in [0.2, 0.25) is 0 Å².